The second-order valence-electron chi connectivity index (χ2n) is 4.97. The number of nitrogens with zero attached hydrogens (tertiary/aromatic N) is 1. The van der Waals surface area contributed by atoms with E-state index in [-0.39, 0.29) is 11.4 Å². The molecular weight excluding hydrogens is 251 g/mol. The van der Waals surface area contributed by atoms with E-state index in [0.717, 1.165) is 13.1 Å². The Labute approximate surface area is 114 Å². The van der Waals surface area contributed by atoms with Gasteiger partial charge in [-0.05, 0) is 39.1 Å². The van der Waals surface area contributed by atoms with Crippen LogP contribution in [0.1, 0.15) is 39.3 Å². The van der Waals surface area contributed by atoms with Crippen LogP contribution >= 0.6 is 11.6 Å². The molecule has 0 aliphatic heterocycles. The lowest BCUT2D eigenvalue weighted by Crippen LogP contribution is -2.51. The second-order valence-corrected chi connectivity index (χ2v) is 5.41. The summed E-state index contributed by atoms with van der Waals surface area (Å²) in [5, 5.41) is 0.393. The maximum atomic E-state index is 13.9. The molecule has 2 nitrogen and oxygen atoms in total. The fourth-order valence-corrected chi connectivity index (χ4v) is 2.53. The topological polar surface area (TPSA) is 29.3 Å². The molecule has 0 saturated heterocycles. The van der Waals surface area contributed by atoms with Gasteiger partial charge in [-0.15, -0.1) is 0 Å². The summed E-state index contributed by atoms with van der Waals surface area (Å²) in [6.07, 6.45) is 0. The minimum absolute atomic E-state index is 0.307. The van der Waals surface area contributed by atoms with Gasteiger partial charge in [-0.25, -0.2) is 4.39 Å². The summed E-state index contributed by atoms with van der Waals surface area (Å²) >= 11 is 5.76. The van der Waals surface area contributed by atoms with Gasteiger partial charge in [0, 0.05) is 16.1 Å². The van der Waals surface area contributed by atoms with Crippen molar-refractivity contribution in [2.24, 2.45) is 5.73 Å². The van der Waals surface area contributed by atoms with Crippen LogP contribution in [0.4, 0.5) is 4.39 Å². The number of benzene rings is 1. The van der Waals surface area contributed by atoms with Crippen LogP contribution in [0.3, 0.4) is 0 Å². The number of likely N-dealkylation sites (N-methyl/N-ethyl adjacent to an activating group) is 1. The fourth-order valence-electron chi connectivity index (χ4n) is 2.37. The zero-order chi connectivity index (χ0) is 13.9. The predicted octanol–water partition coefficient (Wildman–Crippen LogP) is 3.60. The first kappa shape index (κ1) is 15.4. The lowest BCUT2D eigenvalue weighted by atomic mass is 9.87. The molecule has 0 aliphatic carbocycles. The van der Waals surface area contributed by atoms with Crippen molar-refractivity contribution in [3.05, 3.63) is 34.6 Å². The minimum Gasteiger partial charge on any atom is -0.322 e. The molecule has 1 rings (SSSR count). The molecule has 0 fully saturated rings. The maximum absolute atomic E-state index is 13.9. The summed E-state index contributed by atoms with van der Waals surface area (Å²) in [5.74, 6) is -0.338. The van der Waals surface area contributed by atoms with E-state index in [2.05, 4.69) is 18.7 Å². The van der Waals surface area contributed by atoms with Crippen LogP contribution in [0, 0.1) is 5.82 Å². The first-order valence-electron chi connectivity index (χ1n) is 6.30. The van der Waals surface area contributed by atoms with Gasteiger partial charge in [-0.3, -0.25) is 4.90 Å². The SMILES string of the molecule is CCN(CC)C(C)(C)C(N)c1ccc(Cl)cc1F. The van der Waals surface area contributed by atoms with Crippen molar-refractivity contribution in [1.82, 2.24) is 4.90 Å². The Hall–Kier alpha value is -0.640. The number of rotatable bonds is 5. The Kier molecular flexibility index (Phi) is 5.14. The van der Waals surface area contributed by atoms with Crippen molar-refractivity contribution in [2.75, 3.05) is 13.1 Å². The Bertz CT molecular complexity index is 403. The summed E-state index contributed by atoms with van der Waals surface area (Å²) in [6.45, 7) is 10.0. The van der Waals surface area contributed by atoms with Gasteiger partial charge in [0.15, 0.2) is 0 Å². The Morgan fingerprint density at radius 3 is 2.33 bits per heavy atom. The molecule has 0 amide bonds. The molecule has 0 heterocycles. The third kappa shape index (κ3) is 3.02. The van der Waals surface area contributed by atoms with E-state index in [1.54, 1.807) is 12.1 Å². The van der Waals surface area contributed by atoms with E-state index in [9.17, 15) is 4.39 Å². The van der Waals surface area contributed by atoms with Gasteiger partial charge in [0.1, 0.15) is 5.82 Å². The third-order valence-electron chi connectivity index (χ3n) is 3.64. The van der Waals surface area contributed by atoms with Crippen LogP contribution in [0.5, 0.6) is 0 Å². The highest BCUT2D eigenvalue weighted by atomic mass is 35.5. The van der Waals surface area contributed by atoms with Crippen LogP contribution in [-0.2, 0) is 0 Å². The van der Waals surface area contributed by atoms with Crippen molar-refractivity contribution in [2.45, 2.75) is 39.3 Å². The Morgan fingerprint density at radius 2 is 1.89 bits per heavy atom. The molecule has 4 heteroatoms. The number of halogens is 2. The molecule has 0 bridgehead atoms. The highest BCUT2D eigenvalue weighted by Crippen LogP contribution is 2.31. The molecule has 0 spiro atoms. The summed E-state index contributed by atoms with van der Waals surface area (Å²) in [7, 11) is 0. The van der Waals surface area contributed by atoms with Crippen LogP contribution in [-0.4, -0.2) is 23.5 Å². The Morgan fingerprint density at radius 1 is 1.33 bits per heavy atom. The molecule has 0 aliphatic rings. The largest absolute Gasteiger partial charge is 0.322 e. The van der Waals surface area contributed by atoms with E-state index in [1.165, 1.54) is 6.07 Å². The van der Waals surface area contributed by atoms with Gasteiger partial charge in [-0.1, -0.05) is 31.5 Å². The molecule has 102 valence electrons. The van der Waals surface area contributed by atoms with Crippen LogP contribution in [0.25, 0.3) is 0 Å². The minimum atomic E-state index is -0.394. The molecule has 1 aromatic carbocycles. The van der Waals surface area contributed by atoms with E-state index in [0.29, 0.717) is 10.6 Å². The highest BCUT2D eigenvalue weighted by molar-refractivity contribution is 6.30. The van der Waals surface area contributed by atoms with Gasteiger partial charge in [-0.2, -0.15) is 0 Å². The third-order valence-corrected chi connectivity index (χ3v) is 3.87. The maximum Gasteiger partial charge on any atom is 0.129 e. The van der Waals surface area contributed by atoms with Crippen LogP contribution in [0.15, 0.2) is 18.2 Å². The van der Waals surface area contributed by atoms with Crippen molar-refractivity contribution < 1.29 is 4.39 Å². The number of nitrogens with two attached hydrogens (primary N) is 1. The number of hydrogen-bond acceptors (Lipinski definition) is 2. The molecule has 2 N–H and O–H groups in total. The van der Waals surface area contributed by atoms with Crippen molar-refractivity contribution in [3.63, 3.8) is 0 Å². The standard InChI is InChI=1S/C14H22ClFN2/c1-5-18(6-2)14(3,4)13(17)11-8-7-10(15)9-12(11)16/h7-9,13H,5-6,17H2,1-4H3. The predicted molar refractivity (Wildman–Crippen MR) is 75.3 cm³/mol. The van der Waals surface area contributed by atoms with Crippen molar-refractivity contribution in [3.8, 4) is 0 Å². The molecular formula is C14H22ClFN2. The first-order valence-corrected chi connectivity index (χ1v) is 6.67. The van der Waals surface area contributed by atoms with Crippen LogP contribution in [0.2, 0.25) is 5.02 Å². The van der Waals surface area contributed by atoms with E-state index in [4.69, 9.17) is 17.3 Å². The van der Waals surface area contributed by atoms with Gasteiger partial charge < -0.3 is 5.73 Å². The zero-order valence-electron chi connectivity index (χ0n) is 11.5. The van der Waals surface area contributed by atoms with E-state index >= 15 is 0 Å². The van der Waals surface area contributed by atoms with E-state index in [1.807, 2.05) is 13.8 Å². The smallest absolute Gasteiger partial charge is 0.129 e. The lowest BCUT2D eigenvalue weighted by molar-refractivity contribution is 0.105. The summed E-state index contributed by atoms with van der Waals surface area (Å²) in [4.78, 5) is 2.23. The molecule has 1 atom stereocenters. The first-order chi connectivity index (χ1) is 8.34. The monoisotopic (exact) mass is 272 g/mol. The number of hydrogen-bond donors (Lipinski definition) is 1. The average Bonchev–Trinajstić information content (AvgIpc) is 2.29. The van der Waals surface area contributed by atoms with Gasteiger partial charge in [0.2, 0.25) is 0 Å². The van der Waals surface area contributed by atoms with E-state index < -0.39 is 6.04 Å². The quantitative estimate of drug-likeness (QED) is 0.887. The normalized spacial score (nSPS) is 14.0. The molecule has 0 saturated carbocycles. The van der Waals surface area contributed by atoms with Crippen LogP contribution < -0.4 is 5.73 Å². The summed E-state index contributed by atoms with van der Waals surface area (Å²) in [6, 6.07) is 4.27. The molecule has 0 radical (unpaired) electrons. The van der Waals surface area contributed by atoms with Crippen molar-refractivity contribution in [1.29, 1.82) is 0 Å². The lowest BCUT2D eigenvalue weighted by Gasteiger charge is -2.42. The molecule has 1 unspecified atom stereocenters. The fraction of sp³-hybridized carbons (Fsp3) is 0.571. The molecule has 0 aromatic heterocycles. The molecule has 1 aromatic rings. The van der Waals surface area contributed by atoms with Gasteiger partial charge in [0.05, 0.1) is 6.04 Å². The average molecular weight is 273 g/mol. The van der Waals surface area contributed by atoms with Gasteiger partial charge in [0.25, 0.3) is 0 Å². The second kappa shape index (κ2) is 6.00. The highest BCUT2D eigenvalue weighted by Gasteiger charge is 2.33. The van der Waals surface area contributed by atoms with Gasteiger partial charge >= 0.3 is 0 Å². The zero-order valence-corrected chi connectivity index (χ0v) is 12.3. The molecule has 18 heavy (non-hydrogen) atoms. The van der Waals surface area contributed by atoms with Crippen molar-refractivity contribution >= 4 is 11.6 Å². The summed E-state index contributed by atoms with van der Waals surface area (Å²) < 4.78 is 13.9. The Balaban J connectivity index is 3.08. The summed E-state index contributed by atoms with van der Waals surface area (Å²) in [5.41, 5.74) is 6.45.